The fraction of sp³-hybridized carbons (Fsp3) is 0. The van der Waals surface area contributed by atoms with Crippen molar-refractivity contribution in [1.82, 2.24) is 9.13 Å². The van der Waals surface area contributed by atoms with E-state index in [1.165, 1.54) is 43.6 Å². The quantitative estimate of drug-likeness (QED) is 0.152. The van der Waals surface area contributed by atoms with E-state index in [0.717, 1.165) is 106 Å². The molecule has 0 saturated carbocycles. The zero-order valence-electron chi connectivity index (χ0n) is 41.6. The van der Waals surface area contributed by atoms with E-state index < -0.39 is 0 Å². The second kappa shape index (κ2) is 17.1. The van der Waals surface area contributed by atoms with Crippen molar-refractivity contribution < 1.29 is 8.83 Å². The number of aromatic nitrogens is 2. The van der Waals surface area contributed by atoms with Crippen molar-refractivity contribution in [3.05, 3.63) is 273 Å². The van der Waals surface area contributed by atoms with Crippen LogP contribution in [-0.2, 0) is 0 Å². The van der Waals surface area contributed by atoms with Crippen molar-refractivity contribution in [3.8, 4) is 44.8 Å². The highest BCUT2D eigenvalue weighted by atomic mass is 16.3. The summed E-state index contributed by atoms with van der Waals surface area (Å²) in [5.41, 5.74) is 20.5. The van der Waals surface area contributed by atoms with Gasteiger partial charge in [-0.2, -0.15) is 0 Å². The van der Waals surface area contributed by atoms with Gasteiger partial charge < -0.3 is 22.9 Å². The van der Waals surface area contributed by atoms with Gasteiger partial charge in [0.05, 0.1) is 22.1 Å². The van der Waals surface area contributed by atoms with Gasteiger partial charge in [0, 0.05) is 71.5 Å². The monoisotopic (exact) mass is 983 g/mol. The third-order valence-electron chi connectivity index (χ3n) is 15.7. The number of anilines is 3. The summed E-state index contributed by atoms with van der Waals surface area (Å²) in [5, 5.41) is 9.22. The zero-order valence-corrected chi connectivity index (χ0v) is 41.6. The Morgan fingerprint density at radius 2 is 0.584 bits per heavy atom. The number of hydrogen-bond acceptors (Lipinski definition) is 3. The van der Waals surface area contributed by atoms with Gasteiger partial charge in [0.15, 0.2) is 0 Å². The van der Waals surface area contributed by atoms with Crippen molar-refractivity contribution in [2.45, 2.75) is 0 Å². The molecule has 4 aromatic heterocycles. The molecule has 0 N–H and O–H groups in total. The molecule has 5 heteroatoms. The molecule has 0 spiro atoms. The fourth-order valence-corrected chi connectivity index (χ4v) is 12.1. The summed E-state index contributed by atoms with van der Waals surface area (Å²) >= 11 is 0. The lowest BCUT2D eigenvalue weighted by Crippen LogP contribution is -2.09. The predicted molar refractivity (Wildman–Crippen MR) is 321 cm³/mol. The second-order valence-electron chi connectivity index (χ2n) is 20.1. The maximum absolute atomic E-state index is 6.33. The van der Waals surface area contributed by atoms with E-state index in [2.05, 4.69) is 263 Å². The smallest absolute Gasteiger partial charge is 0.135 e. The molecule has 0 aliphatic heterocycles. The summed E-state index contributed by atoms with van der Waals surface area (Å²) in [5.74, 6) is 0. The van der Waals surface area contributed by atoms with Gasteiger partial charge in [-0.3, -0.25) is 0 Å². The molecule has 0 atom stereocenters. The molecule has 0 amide bonds. The van der Waals surface area contributed by atoms with E-state index in [0.29, 0.717) is 0 Å². The standard InChI is InChI=1S/C72H45N3O2/c1-3-15-52(16-4-1)74-65-23-11-7-19-57(65)61-42-47(29-35-67(61)74)50-39-49(40-51(41-50)48-30-36-68-62(43-48)58-20-8-12-24-66(58)75(68)53-17-5-2-6-18-53)46-27-31-54(32-28-46)73(55-33-37-71-63(44-55)59-21-9-13-25-69(59)76-71)56-34-38-72-64(45-56)60-22-10-14-26-70(60)77-72/h1-45H. The van der Waals surface area contributed by atoms with Crippen LogP contribution in [0.5, 0.6) is 0 Å². The van der Waals surface area contributed by atoms with Gasteiger partial charge >= 0.3 is 0 Å². The average molecular weight is 984 g/mol. The maximum Gasteiger partial charge on any atom is 0.135 e. The van der Waals surface area contributed by atoms with Crippen LogP contribution < -0.4 is 4.90 Å². The summed E-state index contributed by atoms with van der Waals surface area (Å²) in [6, 6.07) is 98.6. The molecule has 16 rings (SSSR count). The Balaban J connectivity index is 0.873. The Morgan fingerprint density at radius 1 is 0.221 bits per heavy atom. The maximum atomic E-state index is 6.33. The van der Waals surface area contributed by atoms with Crippen molar-refractivity contribution >= 4 is 105 Å². The summed E-state index contributed by atoms with van der Waals surface area (Å²) in [6.45, 7) is 0. The van der Waals surface area contributed by atoms with Crippen LogP contribution in [0.4, 0.5) is 17.1 Å². The number of rotatable bonds is 8. The van der Waals surface area contributed by atoms with Gasteiger partial charge in [-0.15, -0.1) is 0 Å². The minimum atomic E-state index is 0.861. The Kier molecular flexibility index (Phi) is 9.57. The van der Waals surface area contributed by atoms with E-state index in [4.69, 9.17) is 8.83 Å². The summed E-state index contributed by atoms with van der Waals surface area (Å²) in [4.78, 5) is 2.34. The molecule has 0 bridgehead atoms. The molecule has 0 aliphatic carbocycles. The van der Waals surface area contributed by atoms with E-state index >= 15 is 0 Å². The predicted octanol–water partition coefficient (Wildman–Crippen LogP) is 20.2. The first-order valence-corrected chi connectivity index (χ1v) is 26.2. The van der Waals surface area contributed by atoms with Gasteiger partial charge in [-0.1, -0.05) is 133 Å². The first kappa shape index (κ1) is 43.1. The number of para-hydroxylation sites is 6. The summed E-state index contributed by atoms with van der Waals surface area (Å²) in [6.07, 6.45) is 0. The summed E-state index contributed by atoms with van der Waals surface area (Å²) < 4.78 is 17.4. The van der Waals surface area contributed by atoms with Crippen LogP contribution >= 0.6 is 0 Å². The third kappa shape index (κ3) is 6.95. The highest BCUT2D eigenvalue weighted by molar-refractivity contribution is 6.13. The van der Waals surface area contributed by atoms with E-state index in [9.17, 15) is 0 Å². The largest absolute Gasteiger partial charge is 0.456 e. The van der Waals surface area contributed by atoms with Crippen LogP contribution in [0.25, 0.3) is 132 Å². The van der Waals surface area contributed by atoms with Crippen LogP contribution in [0, 0.1) is 0 Å². The van der Waals surface area contributed by atoms with Crippen LogP contribution in [-0.4, -0.2) is 9.13 Å². The number of nitrogens with zero attached hydrogens (tertiary/aromatic N) is 3. The van der Waals surface area contributed by atoms with E-state index in [1.807, 2.05) is 24.3 Å². The number of fused-ring (bicyclic) bond motifs is 12. The van der Waals surface area contributed by atoms with Crippen molar-refractivity contribution in [2.75, 3.05) is 4.90 Å². The highest BCUT2D eigenvalue weighted by Crippen LogP contribution is 2.44. The third-order valence-corrected chi connectivity index (χ3v) is 15.7. The Labute approximate surface area is 442 Å². The molecule has 0 saturated heterocycles. The molecule has 12 aromatic carbocycles. The Morgan fingerprint density at radius 3 is 1.06 bits per heavy atom. The fourth-order valence-electron chi connectivity index (χ4n) is 12.1. The molecular formula is C72H45N3O2. The SMILES string of the molecule is c1ccc(-n2c3ccccc3c3cc(-c4cc(-c5ccc(N(c6ccc7oc8ccccc8c7c6)c6ccc7oc8ccccc8c7c6)cc5)cc(-c5ccc6c(c5)c5ccccc5n6-c5ccccc5)c4)ccc32)cc1. The molecular weight excluding hydrogens is 939 g/mol. The normalized spacial score (nSPS) is 11.9. The van der Waals surface area contributed by atoms with Crippen molar-refractivity contribution in [3.63, 3.8) is 0 Å². The minimum Gasteiger partial charge on any atom is -0.456 e. The molecule has 0 unspecified atom stereocenters. The van der Waals surface area contributed by atoms with Crippen LogP contribution in [0.2, 0.25) is 0 Å². The average Bonchev–Trinajstić information content (AvgIpc) is 4.29. The van der Waals surface area contributed by atoms with Crippen molar-refractivity contribution in [2.24, 2.45) is 0 Å². The van der Waals surface area contributed by atoms with E-state index in [1.54, 1.807) is 0 Å². The lowest BCUT2D eigenvalue weighted by molar-refractivity contribution is 0.668. The van der Waals surface area contributed by atoms with Gasteiger partial charge in [-0.25, -0.2) is 0 Å². The van der Waals surface area contributed by atoms with Gasteiger partial charge in [-0.05, 0) is 173 Å². The Bertz CT molecular complexity index is 4690. The molecule has 16 aromatic rings. The molecule has 360 valence electrons. The minimum absolute atomic E-state index is 0.861. The second-order valence-corrected chi connectivity index (χ2v) is 20.1. The number of benzene rings is 12. The molecule has 0 aliphatic rings. The highest BCUT2D eigenvalue weighted by Gasteiger charge is 2.20. The number of furan rings is 2. The Hall–Kier alpha value is -10.4. The molecule has 0 radical (unpaired) electrons. The van der Waals surface area contributed by atoms with Gasteiger partial charge in [0.1, 0.15) is 22.3 Å². The first-order chi connectivity index (χ1) is 38.1. The molecule has 77 heavy (non-hydrogen) atoms. The number of hydrogen-bond donors (Lipinski definition) is 0. The molecule has 0 fully saturated rings. The van der Waals surface area contributed by atoms with Crippen LogP contribution in [0.3, 0.4) is 0 Å². The van der Waals surface area contributed by atoms with Crippen LogP contribution in [0.15, 0.2) is 282 Å². The summed E-state index contributed by atoms with van der Waals surface area (Å²) in [7, 11) is 0. The molecule has 4 heterocycles. The lowest BCUT2D eigenvalue weighted by atomic mass is 9.92. The molecule has 5 nitrogen and oxygen atoms in total. The lowest BCUT2D eigenvalue weighted by Gasteiger charge is -2.26. The van der Waals surface area contributed by atoms with E-state index in [-0.39, 0.29) is 0 Å². The van der Waals surface area contributed by atoms with Gasteiger partial charge in [0.2, 0.25) is 0 Å². The van der Waals surface area contributed by atoms with Gasteiger partial charge in [0.25, 0.3) is 0 Å². The zero-order chi connectivity index (χ0) is 50.6. The van der Waals surface area contributed by atoms with Crippen molar-refractivity contribution in [1.29, 1.82) is 0 Å². The first-order valence-electron chi connectivity index (χ1n) is 26.2. The van der Waals surface area contributed by atoms with Crippen LogP contribution in [0.1, 0.15) is 0 Å². The topological polar surface area (TPSA) is 39.4 Å².